The van der Waals surface area contributed by atoms with Crippen molar-refractivity contribution in [3.8, 4) is 0 Å². The second-order valence-corrected chi connectivity index (χ2v) is 5.84. The van der Waals surface area contributed by atoms with Gasteiger partial charge in [0.25, 0.3) is 0 Å². The molecule has 0 spiro atoms. The first-order valence-corrected chi connectivity index (χ1v) is 7.11. The third-order valence-corrected chi connectivity index (χ3v) is 4.50. The number of carbonyl (C=O) groups excluding carboxylic acids is 1. The second kappa shape index (κ2) is 5.72. The van der Waals surface area contributed by atoms with Crippen LogP contribution >= 0.6 is 0 Å². The van der Waals surface area contributed by atoms with Gasteiger partial charge in [0, 0.05) is 13.1 Å². The van der Waals surface area contributed by atoms with Gasteiger partial charge in [-0.1, -0.05) is 19.8 Å². The number of rotatable bonds is 2. The Kier molecular flexibility index (Phi) is 4.25. The molecule has 1 saturated carbocycles. The Balaban J connectivity index is 2.00. The molecular formula is C14H23NO3. The first-order valence-electron chi connectivity index (χ1n) is 7.11. The number of carboxylic acids is 1. The average molecular weight is 253 g/mol. The highest BCUT2D eigenvalue weighted by Gasteiger charge is 2.38. The van der Waals surface area contributed by atoms with E-state index in [4.69, 9.17) is 0 Å². The molecule has 0 aromatic heterocycles. The predicted octanol–water partition coefficient (Wildman–Crippen LogP) is 2.14. The molecule has 102 valence electrons. The van der Waals surface area contributed by atoms with Crippen molar-refractivity contribution in [1.29, 1.82) is 0 Å². The Morgan fingerprint density at radius 2 is 1.56 bits per heavy atom. The van der Waals surface area contributed by atoms with Gasteiger partial charge in [-0.05, 0) is 31.6 Å². The highest BCUT2D eigenvalue weighted by atomic mass is 16.4. The van der Waals surface area contributed by atoms with Crippen LogP contribution < -0.4 is 0 Å². The Morgan fingerprint density at radius 1 is 1.00 bits per heavy atom. The third kappa shape index (κ3) is 2.85. The Bertz CT molecular complexity index is 321. The van der Waals surface area contributed by atoms with Gasteiger partial charge in [0.1, 0.15) is 0 Å². The summed E-state index contributed by atoms with van der Waals surface area (Å²) in [6.45, 7) is 3.83. The van der Waals surface area contributed by atoms with Crippen LogP contribution in [0.4, 0.5) is 0 Å². The number of hydrogen-bond acceptors (Lipinski definition) is 2. The van der Waals surface area contributed by atoms with Gasteiger partial charge >= 0.3 is 5.97 Å². The average Bonchev–Trinajstić information content (AvgIpc) is 2.39. The van der Waals surface area contributed by atoms with Crippen LogP contribution in [-0.4, -0.2) is 35.0 Å². The molecular weight excluding hydrogens is 230 g/mol. The lowest BCUT2D eigenvalue weighted by Gasteiger charge is -2.36. The standard InChI is InChI=1S/C14H23NO3/c1-10-6-8-15(9-7-10)13(16)11-4-2-3-5-12(11)14(17)18/h10-12H,2-9H2,1H3,(H,17,18)/t11-,12+/m1/s1. The molecule has 1 aliphatic heterocycles. The molecule has 1 aliphatic carbocycles. The fraction of sp³-hybridized carbons (Fsp3) is 0.857. The van der Waals surface area contributed by atoms with Gasteiger partial charge in [-0.15, -0.1) is 0 Å². The maximum absolute atomic E-state index is 12.4. The van der Waals surface area contributed by atoms with Crippen molar-refractivity contribution in [2.45, 2.75) is 45.4 Å². The van der Waals surface area contributed by atoms with E-state index in [2.05, 4.69) is 6.92 Å². The number of nitrogens with zero attached hydrogens (tertiary/aromatic N) is 1. The van der Waals surface area contributed by atoms with E-state index >= 15 is 0 Å². The minimum atomic E-state index is -0.793. The van der Waals surface area contributed by atoms with E-state index in [0.29, 0.717) is 12.3 Å². The lowest BCUT2D eigenvalue weighted by molar-refractivity contribution is -0.152. The van der Waals surface area contributed by atoms with Gasteiger partial charge in [-0.3, -0.25) is 9.59 Å². The maximum Gasteiger partial charge on any atom is 0.307 e. The van der Waals surface area contributed by atoms with E-state index in [-0.39, 0.29) is 11.8 Å². The molecule has 0 aromatic rings. The van der Waals surface area contributed by atoms with E-state index in [0.717, 1.165) is 45.2 Å². The Labute approximate surface area is 108 Å². The summed E-state index contributed by atoms with van der Waals surface area (Å²) in [6, 6.07) is 0. The molecule has 2 fully saturated rings. The van der Waals surface area contributed by atoms with Crippen LogP contribution in [-0.2, 0) is 9.59 Å². The number of hydrogen-bond donors (Lipinski definition) is 1. The first kappa shape index (κ1) is 13.4. The van der Waals surface area contributed by atoms with Crippen molar-refractivity contribution in [1.82, 2.24) is 4.90 Å². The quantitative estimate of drug-likeness (QED) is 0.820. The molecule has 4 nitrogen and oxygen atoms in total. The number of piperidine rings is 1. The summed E-state index contributed by atoms with van der Waals surface area (Å²) in [5.74, 6) is -0.738. The molecule has 1 saturated heterocycles. The lowest BCUT2D eigenvalue weighted by Crippen LogP contribution is -2.45. The number of likely N-dealkylation sites (tertiary alicyclic amines) is 1. The van der Waals surface area contributed by atoms with Gasteiger partial charge in [0.05, 0.1) is 11.8 Å². The molecule has 1 heterocycles. The summed E-state index contributed by atoms with van der Waals surface area (Å²) in [5.41, 5.74) is 0. The van der Waals surface area contributed by atoms with Crippen LogP contribution in [0.2, 0.25) is 0 Å². The number of aliphatic carboxylic acids is 1. The van der Waals surface area contributed by atoms with Crippen LogP contribution in [0.15, 0.2) is 0 Å². The van der Waals surface area contributed by atoms with Crippen molar-refractivity contribution < 1.29 is 14.7 Å². The molecule has 4 heteroatoms. The van der Waals surface area contributed by atoms with Crippen LogP contribution in [0.5, 0.6) is 0 Å². The summed E-state index contributed by atoms with van der Waals surface area (Å²) in [4.78, 5) is 25.6. The minimum Gasteiger partial charge on any atom is -0.481 e. The SMILES string of the molecule is CC1CCN(C(=O)[C@@H]2CCCC[C@@H]2C(=O)O)CC1. The van der Waals surface area contributed by atoms with Gasteiger partial charge in [-0.2, -0.15) is 0 Å². The fourth-order valence-electron chi connectivity index (χ4n) is 3.19. The molecule has 2 rings (SSSR count). The minimum absolute atomic E-state index is 0.0917. The molecule has 2 atom stereocenters. The normalized spacial score (nSPS) is 30.2. The topological polar surface area (TPSA) is 57.6 Å². The summed E-state index contributed by atoms with van der Waals surface area (Å²) in [5, 5.41) is 9.23. The van der Waals surface area contributed by atoms with Gasteiger partial charge in [-0.25, -0.2) is 0 Å². The molecule has 2 aliphatic rings. The summed E-state index contributed by atoms with van der Waals surface area (Å²) < 4.78 is 0. The third-order valence-electron chi connectivity index (χ3n) is 4.50. The van der Waals surface area contributed by atoms with E-state index < -0.39 is 11.9 Å². The maximum atomic E-state index is 12.4. The molecule has 0 aromatic carbocycles. The van der Waals surface area contributed by atoms with Crippen molar-refractivity contribution in [2.24, 2.45) is 17.8 Å². The lowest BCUT2D eigenvalue weighted by atomic mass is 9.78. The number of carbonyl (C=O) groups is 2. The molecule has 0 bridgehead atoms. The predicted molar refractivity (Wildman–Crippen MR) is 68.1 cm³/mol. The Hall–Kier alpha value is -1.06. The highest BCUT2D eigenvalue weighted by Crippen LogP contribution is 2.32. The van der Waals surface area contributed by atoms with Crippen LogP contribution in [0, 0.1) is 17.8 Å². The van der Waals surface area contributed by atoms with E-state index in [1.165, 1.54) is 0 Å². The van der Waals surface area contributed by atoms with E-state index in [9.17, 15) is 14.7 Å². The largest absolute Gasteiger partial charge is 0.481 e. The van der Waals surface area contributed by atoms with Crippen LogP contribution in [0.3, 0.4) is 0 Å². The van der Waals surface area contributed by atoms with E-state index in [1.54, 1.807) is 0 Å². The van der Waals surface area contributed by atoms with Crippen LogP contribution in [0.25, 0.3) is 0 Å². The second-order valence-electron chi connectivity index (χ2n) is 5.84. The molecule has 18 heavy (non-hydrogen) atoms. The van der Waals surface area contributed by atoms with Crippen LogP contribution in [0.1, 0.15) is 45.4 Å². The van der Waals surface area contributed by atoms with Gasteiger partial charge < -0.3 is 10.0 Å². The molecule has 0 radical (unpaired) electrons. The van der Waals surface area contributed by atoms with Crippen molar-refractivity contribution in [3.63, 3.8) is 0 Å². The molecule has 1 N–H and O–H groups in total. The van der Waals surface area contributed by atoms with Crippen molar-refractivity contribution in [2.75, 3.05) is 13.1 Å². The monoisotopic (exact) mass is 253 g/mol. The summed E-state index contributed by atoms with van der Waals surface area (Å²) in [6.07, 6.45) is 5.45. The van der Waals surface area contributed by atoms with Gasteiger partial charge in [0.15, 0.2) is 0 Å². The van der Waals surface area contributed by atoms with Gasteiger partial charge in [0.2, 0.25) is 5.91 Å². The van der Waals surface area contributed by atoms with Crippen molar-refractivity contribution in [3.05, 3.63) is 0 Å². The highest BCUT2D eigenvalue weighted by molar-refractivity contribution is 5.85. The number of amides is 1. The van der Waals surface area contributed by atoms with Crippen molar-refractivity contribution >= 4 is 11.9 Å². The molecule has 0 unspecified atom stereocenters. The zero-order valence-corrected chi connectivity index (χ0v) is 11.1. The smallest absolute Gasteiger partial charge is 0.307 e. The Morgan fingerprint density at radius 3 is 2.11 bits per heavy atom. The number of carboxylic acid groups (broad SMARTS) is 1. The summed E-state index contributed by atoms with van der Waals surface area (Å²) in [7, 11) is 0. The first-order chi connectivity index (χ1) is 8.59. The van der Waals surface area contributed by atoms with E-state index in [1.807, 2.05) is 4.90 Å². The zero-order chi connectivity index (χ0) is 13.1. The summed E-state index contributed by atoms with van der Waals surface area (Å²) >= 11 is 0. The zero-order valence-electron chi connectivity index (χ0n) is 11.1. The fourth-order valence-corrected chi connectivity index (χ4v) is 3.19. The molecule has 1 amide bonds.